The summed E-state index contributed by atoms with van der Waals surface area (Å²) in [7, 11) is 4.33. The maximum atomic E-state index is 14.5. The molecule has 2 unspecified atom stereocenters. The molecule has 6 aliphatic heterocycles. The third kappa shape index (κ3) is 3.62. The van der Waals surface area contributed by atoms with E-state index in [4.69, 9.17) is 18.9 Å². The number of benzene rings is 2. The average Bonchev–Trinajstić information content (AvgIpc) is 3.91. The van der Waals surface area contributed by atoms with E-state index < -0.39 is 11.3 Å². The molecule has 9 rings (SSSR count). The SMILES string of the molecule is CN1[C@@H]2CC(OC(=O)[C@H]3CC[C@](C(=O)OC4C[C@@H]5[C@@H]6O[C@@H]6[C@H](C4)N5C)(c4ccccc4)c4ccccc43)C[C@H]1[C@@H]1O[C@@H]12. The average molecular weight is 571 g/mol. The molecule has 0 radical (unpaired) electrons. The lowest BCUT2D eigenvalue weighted by Crippen LogP contribution is -2.50. The summed E-state index contributed by atoms with van der Waals surface area (Å²) in [5.41, 5.74) is 1.70. The first kappa shape index (κ1) is 25.7. The Hall–Kier alpha value is -2.78. The quantitative estimate of drug-likeness (QED) is 0.401. The molecule has 4 bridgehead atoms. The fraction of sp³-hybridized carbons (Fsp3) is 0.588. The number of epoxide rings is 2. The number of esters is 2. The Morgan fingerprint density at radius 3 is 1.86 bits per heavy atom. The van der Waals surface area contributed by atoms with Gasteiger partial charge in [-0.25, -0.2) is 0 Å². The van der Waals surface area contributed by atoms with Gasteiger partial charge in [-0.2, -0.15) is 0 Å². The molecule has 8 nitrogen and oxygen atoms in total. The van der Waals surface area contributed by atoms with Gasteiger partial charge < -0.3 is 18.9 Å². The van der Waals surface area contributed by atoms with Crippen LogP contribution in [0.3, 0.4) is 0 Å². The van der Waals surface area contributed by atoms with E-state index in [1.807, 2.05) is 54.6 Å². The van der Waals surface area contributed by atoms with E-state index in [1.54, 1.807) is 0 Å². The summed E-state index contributed by atoms with van der Waals surface area (Å²) in [5, 5.41) is 0. The monoisotopic (exact) mass is 570 g/mol. The van der Waals surface area contributed by atoms with Crippen molar-refractivity contribution < 1.29 is 28.5 Å². The first-order valence-electron chi connectivity index (χ1n) is 15.8. The largest absolute Gasteiger partial charge is 0.462 e. The van der Waals surface area contributed by atoms with Crippen LogP contribution >= 0.6 is 0 Å². The van der Waals surface area contributed by atoms with Crippen molar-refractivity contribution in [1.29, 1.82) is 0 Å². The van der Waals surface area contributed by atoms with Gasteiger partial charge >= 0.3 is 11.9 Å². The van der Waals surface area contributed by atoms with Crippen LogP contribution in [-0.2, 0) is 34.0 Å². The number of ether oxygens (including phenoxy) is 4. The number of piperidine rings is 2. The molecule has 6 saturated heterocycles. The lowest BCUT2D eigenvalue weighted by atomic mass is 9.63. The topological polar surface area (TPSA) is 84.1 Å². The molecule has 8 heteroatoms. The third-order valence-electron chi connectivity index (χ3n) is 11.8. The highest BCUT2D eigenvalue weighted by molar-refractivity contribution is 5.91. The van der Waals surface area contributed by atoms with Gasteiger partial charge in [0.05, 0.1) is 5.92 Å². The number of nitrogens with zero attached hydrogens (tertiary/aromatic N) is 2. The molecule has 2 aromatic rings. The highest BCUT2D eigenvalue weighted by Gasteiger charge is 2.64. The van der Waals surface area contributed by atoms with E-state index in [0.717, 1.165) is 42.4 Å². The van der Waals surface area contributed by atoms with Crippen LogP contribution in [0.1, 0.15) is 61.1 Å². The van der Waals surface area contributed by atoms with E-state index in [9.17, 15) is 9.59 Å². The maximum Gasteiger partial charge on any atom is 0.321 e. The normalized spacial score (nSPS) is 44.5. The van der Waals surface area contributed by atoms with Crippen molar-refractivity contribution in [2.45, 2.75) is 111 Å². The van der Waals surface area contributed by atoms with Gasteiger partial charge in [0.15, 0.2) is 0 Å². The number of rotatable bonds is 5. The Labute approximate surface area is 246 Å². The second-order valence-electron chi connectivity index (χ2n) is 13.7. The third-order valence-corrected chi connectivity index (χ3v) is 11.8. The van der Waals surface area contributed by atoms with Gasteiger partial charge in [0.2, 0.25) is 0 Å². The molecule has 0 N–H and O–H groups in total. The molecule has 12 atom stereocenters. The number of carbonyl (C=O) groups is 2. The van der Waals surface area contributed by atoms with E-state index in [2.05, 4.69) is 23.9 Å². The molecule has 42 heavy (non-hydrogen) atoms. The number of likely N-dealkylation sites (N-methyl/N-ethyl adjacent to an activating group) is 2. The first-order valence-corrected chi connectivity index (χ1v) is 15.8. The highest BCUT2D eigenvalue weighted by Crippen LogP contribution is 2.52. The van der Waals surface area contributed by atoms with Crippen molar-refractivity contribution in [3.63, 3.8) is 0 Å². The first-order chi connectivity index (χ1) is 20.4. The van der Waals surface area contributed by atoms with Gasteiger partial charge in [0.25, 0.3) is 0 Å². The molecule has 0 amide bonds. The van der Waals surface area contributed by atoms with Gasteiger partial charge in [-0.15, -0.1) is 0 Å². The fourth-order valence-corrected chi connectivity index (χ4v) is 9.53. The fourth-order valence-electron chi connectivity index (χ4n) is 9.53. The molecule has 6 heterocycles. The van der Waals surface area contributed by atoms with Crippen LogP contribution in [-0.4, -0.2) is 96.6 Å². The van der Waals surface area contributed by atoms with Crippen LogP contribution in [0.15, 0.2) is 54.6 Å². The zero-order chi connectivity index (χ0) is 28.3. The van der Waals surface area contributed by atoms with Gasteiger partial charge in [0, 0.05) is 49.9 Å². The number of carbonyl (C=O) groups excluding carboxylic acids is 2. The minimum Gasteiger partial charge on any atom is -0.462 e. The molecule has 0 aromatic heterocycles. The molecule has 0 spiro atoms. The van der Waals surface area contributed by atoms with Crippen LogP contribution in [0.4, 0.5) is 0 Å². The standard InChI is InChI=1S/C34H38N2O6/c1-35-24-14-19(15-25(35)29-28(24)41-29)39-32(37)22-12-13-34(18-8-4-3-5-9-18,23-11-7-6-10-21(22)23)33(38)40-20-16-26-30-31(42-30)27(17-20)36(26)2/h3-11,19-20,22,24-31H,12-17H2,1-2H3/t19?,20?,22-,24-,25+,26-,27+,28-,29+,30+,31-,34-/m0/s1. The summed E-state index contributed by atoms with van der Waals surface area (Å²) in [6, 6.07) is 19.2. The van der Waals surface area contributed by atoms with Gasteiger partial charge in [-0.3, -0.25) is 19.4 Å². The molecule has 7 aliphatic rings. The Kier molecular flexibility index (Phi) is 5.58. The summed E-state index contributed by atoms with van der Waals surface area (Å²) in [4.78, 5) is 33.1. The van der Waals surface area contributed by atoms with Crippen LogP contribution in [0.2, 0.25) is 0 Å². The Balaban J connectivity index is 1.00. The van der Waals surface area contributed by atoms with Crippen LogP contribution in [0.25, 0.3) is 0 Å². The molecule has 2 aromatic carbocycles. The Morgan fingerprint density at radius 2 is 1.26 bits per heavy atom. The number of hydrogen-bond acceptors (Lipinski definition) is 8. The molecule has 220 valence electrons. The second kappa shape index (κ2) is 9.11. The van der Waals surface area contributed by atoms with E-state index >= 15 is 0 Å². The predicted molar refractivity (Wildman–Crippen MR) is 152 cm³/mol. The Bertz CT molecular complexity index is 1400. The lowest BCUT2D eigenvalue weighted by molar-refractivity contribution is -0.162. The maximum absolute atomic E-state index is 14.5. The molecule has 0 saturated carbocycles. The van der Waals surface area contributed by atoms with Crippen LogP contribution < -0.4 is 0 Å². The van der Waals surface area contributed by atoms with Crippen LogP contribution in [0.5, 0.6) is 0 Å². The minimum atomic E-state index is -0.971. The lowest BCUT2D eigenvalue weighted by Gasteiger charge is -2.43. The summed E-state index contributed by atoms with van der Waals surface area (Å²) in [6.45, 7) is 0. The second-order valence-corrected chi connectivity index (χ2v) is 13.7. The van der Waals surface area contributed by atoms with Gasteiger partial charge in [-0.05, 0) is 43.6 Å². The van der Waals surface area contributed by atoms with Gasteiger partial charge in [-0.1, -0.05) is 54.6 Å². The van der Waals surface area contributed by atoms with Crippen molar-refractivity contribution in [3.05, 3.63) is 71.3 Å². The molecular formula is C34H38N2O6. The van der Waals surface area contributed by atoms with E-state index in [1.165, 1.54) is 0 Å². The van der Waals surface area contributed by atoms with E-state index in [0.29, 0.717) is 49.2 Å². The van der Waals surface area contributed by atoms with Gasteiger partial charge in [0.1, 0.15) is 42.0 Å². The van der Waals surface area contributed by atoms with Crippen molar-refractivity contribution in [2.24, 2.45) is 0 Å². The van der Waals surface area contributed by atoms with Crippen LogP contribution in [0, 0.1) is 0 Å². The highest BCUT2D eigenvalue weighted by atomic mass is 16.6. The zero-order valence-corrected chi connectivity index (χ0v) is 24.1. The van der Waals surface area contributed by atoms with Crippen molar-refractivity contribution in [2.75, 3.05) is 14.1 Å². The summed E-state index contributed by atoms with van der Waals surface area (Å²) in [5.74, 6) is -0.785. The smallest absolute Gasteiger partial charge is 0.321 e. The predicted octanol–water partition coefficient (Wildman–Crippen LogP) is 3.16. The molecule has 6 fully saturated rings. The zero-order valence-electron chi connectivity index (χ0n) is 24.1. The number of hydrogen-bond donors (Lipinski definition) is 0. The number of fused-ring (bicyclic) bond motifs is 11. The van der Waals surface area contributed by atoms with Crippen molar-refractivity contribution in [3.8, 4) is 0 Å². The summed E-state index contributed by atoms with van der Waals surface area (Å²) >= 11 is 0. The van der Waals surface area contributed by atoms with Crippen molar-refractivity contribution in [1.82, 2.24) is 9.80 Å². The molecule has 1 aliphatic carbocycles. The van der Waals surface area contributed by atoms with Crippen molar-refractivity contribution >= 4 is 11.9 Å². The Morgan fingerprint density at radius 1 is 0.738 bits per heavy atom. The minimum absolute atomic E-state index is 0.0898. The molecular weight excluding hydrogens is 532 g/mol. The number of morpholine rings is 2. The summed E-state index contributed by atoms with van der Waals surface area (Å²) < 4.78 is 24.4. The van der Waals surface area contributed by atoms with E-state index in [-0.39, 0.29) is 36.4 Å². The summed E-state index contributed by atoms with van der Waals surface area (Å²) in [6.07, 6.45) is 5.21.